The van der Waals surface area contributed by atoms with E-state index in [-0.39, 0.29) is 10.7 Å². The molecule has 1 aromatic heterocycles. The van der Waals surface area contributed by atoms with Gasteiger partial charge in [0.15, 0.2) is 4.91 Å². The molecule has 0 fully saturated rings. The zero-order chi connectivity index (χ0) is 11.0. The molecule has 0 amide bonds. The summed E-state index contributed by atoms with van der Waals surface area (Å²) in [6, 6.07) is 3.27. The smallest absolute Gasteiger partial charge is 0.349 e. The number of hydrogen-bond acceptors (Lipinski definition) is 5. The molecule has 78 valence electrons. The van der Waals surface area contributed by atoms with Crippen molar-refractivity contribution >= 4 is 22.4 Å². The van der Waals surface area contributed by atoms with Gasteiger partial charge in [-0.05, 0) is 22.8 Å². The Bertz CT molecular complexity index is 496. The Morgan fingerprint density at radius 1 is 1.67 bits per heavy atom. The summed E-state index contributed by atoms with van der Waals surface area (Å²) in [4.78, 5) is 15.3. The second-order valence-electron chi connectivity index (χ2n) is 2.83. The largest absolute Gasteiger partial charge is 0.506 e. The van der Waals surface area contributed by atoms with Crippen LogP contribution in [0.1, 0.15) is 5.56 Å². The Morgan fingerprint density at radius 3 is 3.00 bits per heavy atom. The van der Waals surface area contributed by atoms with Gasteiger partial charge >= 0.3 is 5.97 Å². The zero-order valence-electron chi connectivity index (χ0n) is 7.85. The van der Waals surface area contributed by atoms with Crippen molar-refractivity contribution in [2.24, 2.45) is 0 Å². The van der Waals surface area contributed by atoms with E-state index in [4.69, 9.17) is 4.78 Å². The number of carbonyl (C=O) groups is 1. The zero-order valence-corrected chi connectivity index (χ0v) is 8.67. The molecular weight excluding hydrogens is 216 g/mol. The summed E-state index contributed by atoms with van der Waals surface area (Å²) < 4.78 is 12.3. The van der Waals surface area contributed by atoms with Crippen LogP contribution in [0, 0.1) is 4.78 Å². The summed E-state index contributed by atoms with van der Waals surface area (Å²) >= 11 is 0. The SMILES string of the molecule is COC(=O)C1=C(O)c2cccnc2S1=N. The van der Waals surface area contributed by atoms with E-state index in [0.29, 0.717) is 10.6 Å². The van der Waals surface area contributed by atoms with Crippen molar-refractivity contribution in [3.05, 3.63) is 28.8 Å². The van der Waals surface area contributed by atoms with Crippen LogP contribution < -0.4 is 0 Å². The Hall–Kier alpha value is -1.69. The minimum absolute atomic E-state index is 0.0220. The minimum atomic E-state index is -1.25. The number of nitrogens with one attached hydrogen (secondary N) is 1. The lowest BCUT2D eigenvalue weighted by Crippen LogP contribution is -2.07. The molecule has 0 saturated carbocycles. The first-order valence-corrected chi connectivity index (χ1v) is 5.31. The quantitative estimate of drug-likeness (QED) is 0.703. The fraction of sp³-hybridized carbons (Fsp3) is 0.111. The average Bonchev–Trinajstić information content (AvgIpc) is 2.52. The molecule has 1 atom stereocenters. The number of esters is 1. The second-order valence-corrected chi connectivity index (χ2v) is 4.24. The second kappa shape index (κ2) is 3.47. The van der Waals surface area contributed by atoms with E-state index in [0.717, 1.165) is 0 Å². The highest BCUT2D eigenvalue weighted by atomic mass is 32.2. The number of pyridine rings is 1. The van der Waals surface area contributed by atoms with Crippen LogP contribution in [0.25, 0.3) is 5.76 Å². The maximum Gasteiger partial charge on any atom is 0.349 e. The van der Waals surface area contributed by atoms with Crippen LogP contribution in [0.2, 0.25) is 0 Å². The van der Waals surface area contributed by atoms with Gasteiger partial charge in [0.25, 0.3) is 0 Å². The van der Waals surface area contributed by atoms with Gasteiger partial charge in [0, 0.05) is 6.20 Å². The number of carbonyl (C=O) groups excluding carboxylic acids is 1. The van der Waals surface area contributed by atoms with Crippen molar-refractivity contribution in [2.75, 3.05) is 7.11 Å². The molecule has 1 aromatic rings. The maximum absolute atomic E-state index is 11.3. The van der Waals surface area contributed by atoms with E-state index in [9.17, 15) is 9.90 Å². The first-order chi connectivity index (χ1) is 7.16. The van der Waals surface area contributed by atoms with E-state index < -0.39 is 16.7 Å². The van der Waals surface area contributed by atoms with Gasteiger partial charge in [0.05, 0.1) is 12.7 Å². The highest BCUT2D eigenvalue weighted by molar-refractivity contribution is 7.91. The van der Waals surface area contributed by atoms with E-state index in [1.165, 1.54) is 13.3 Å². The third-order valence-corrected chi connectivity index (χ3v) is 3.49. The van der Waals surface area contributed by atoms with Crippen LogP contribution in [0.4, 0.5) is 0 Å². The summed E-state index contributed by atoms with van der Waals surface area (Å²) in [6.45, 7) is 0. The fourth-order valence-electron chi connectivity index (χ4n) is 1.32. The Balaban J connectivity index is 2.60. The number of hydrogen-bond donors (Lipinski definition) is 2. The molecule has 6 heteroatoms. The van der Waals surface area contributed by atoms with Crippen LogP contribution in [-0.2, 0) is 20.2 Å². The summed E-state index contributed by atoms with van der Waals surface area (Å²) in [6.07, 6.45) is 1.53. The number of aliphatic hydroxyl groups excluding tert-OH is 1. The summed E-state index contributed by atoms with van der Waals surface area (Å²) in [5, 5.41) is 10.2. The molecule has 0 radical (unpaired) electrons. The van der Waals surface area contributed by atoms with Crippen molar-refractivity contribution < 1.29 is 14.6 Å². The number of methoxy groups -OCH3 is 1. The number of aromatic nitrogens is 1. The van der Waals surface area contributed by atoms with Crippen molar-refractivity contribution in [1.29, 1.82) is 4.78 Å². The molecule has 1 unspecified atom stereocenters. The lowest BCUT2D eigenvalue weighted by Gasteiger charge is -2.00. The van der Waals surface area contributed by atoms with Crippen molar-refractivity contribution in [2.45, 2.75) is 5.03 Å². The minimum Gasteiger partial charge on any atom is -0.506 e. The van der Waals surface area contributed by atoms with Crippen molar-refractivity contribution in [3.8, 4) is 0 Å². The van der Waals surface area contributed by atoms with E-state index in [1.807, 2.05) is 0 Å². The third-order valence-electron chi connectivity index (χ3n) is 2.01. The van der Waals surface area contributed by atoms with Crippen LogP contribution in [0.3, 0.4) is 0 Å². The number of rotatable bonds is 1. The molecule has 0 aliphatic carbocycles. The molecular formula is C9H8N2O3S. The van der Waals surface area contributed by atoms with Gasteiger partial charge in [-0.15, -0.1) is 0 Å². The van der Waals surface area contributed by atoms with Gasteiger partial charge in [0.2, 0.25) is 0 Å². The van der Waals surface area contributed by atoms with Gasteiger partial charge in [-0.3, -0.25) is 4.78 Å². The monoisotopic (exact) mass is 224 g/mol. The molecule has 1 aliphatic heterocycles. The topological polar surface area (TPSA) is 83.3 Å². The first-order valence-electron chi connectivity index (χ1n) is 4.09. The molecule has 15 heavy (non-hydrogen) atoms. The third kappa shape index (κ3) is 1.33. The molecule has 5 nitrogen and oxygen atoms in total. The maximum atomic E-state index is 11.3. The standard InChI is InChI=1S/C9H8N2O3S/c1-14-9(13)7-6(12)5-3-2-4-11-8(5)15(7)10/h2-4,10,12H,1H3. The first kappa shape index (κ1) is 9.85. The van der Waals surface area contributed by atoms with Crippen molar-refractivity contribution in [1.82, 2.24) is 4.98 Å². The molecule has 1 aliphatic rings. The van der Waals surface area contributed by atoms with Crippen LogP contribution in [0.5, 0.6) is 0 Å². The molecule has 2 N–H and O–H groups in total. The Labute approximate surface area is 88.3 Å². The van der Waals surface area contributed by atoms with Crippen LogP contribution in [-0.4, -0.2) is 23.2 Å². The average molecular weight is 224 g/mol. The molecule has 0 saturated heterocycles. The summed E-state index contributed by atoms with van der Waals surface area (Å²) in [5.41, 5.74) is 0.441. The number of ether oxygens (including phenoxy) is 1. The van der Waals surface area contributed by atoms with Crippen LogP contribution >= 0.6 is 0 Å². The van der Waals surface area contributed by atoms with E-state index in [2.05, 4.69) is 9.72 Å². The Morgan fingerprint density at radius 2 is 2.40 bits per heavy atom. The molecule has 0 bridgehead atoms. The summed E-state index contributed by atoms with van der Waals surface area (Å²) in [5.74, 6) is -0.868. The molecule has 2 rings (SSSR count). The highest BCUT2D eigenvalue weighted by Gasteiger charge is 2.32. The van der Waals surface area contributed by atoms with Gasteiger partial charge < -0.3 is 9.84 Å². The Kier molecular flexibility index (Phi) is 2.28. The van der Waals surface area contributed by atoms with E-state index >= 15 is 0 Å². The molecule has 0 spiro atoms. The lowest BCUT2D eigenvalue weighted by molar-refractivity contribution is -0.135. The normalized spacial score (nSPS) is 18.9. The number of fused-ring (bicyclic) bond motifs is 1. The predicted octanol–water partition coefficient (Wildman–Crippen LogP) is 1.23. The van der Waals surface area contributed by atoms with Gasteiger partial charge in [-0.1, -0.05) is 0 Å². The molecule has 0 aromatic carbocycles. The highest BCUT2D eigenvalue weighted by Crippen LogP contribution is 2.33. The predicted molar refractivity (Wildman–Crippen MR) is 54.2 cm³/mol. The number of aliphatic hydroxyl groups is 1. The van der Waals surface area contributed by atoms with Crippen molar-refractivity contribution in [3.63, 3.8) is 0 Å². The van der Waals surface area contributed by atoms with Gasteiger partial charge in [-0.2, -0.15) is 0 Å². The van der Waals surface area contributed by atoms with E-state index in [1.54, 1.807) is 12.1 Å². The van der Waals surface area contributed by atoms with Crippen LogP contribution in [0.15, 0.2) is 28.3 Å². The summed E-state index contributed by atoms with van der Waals surface area (Å²) in [7, 11) is -0.0332. The fourth-order valence-corrected chi connectivity index (χ4v) is 2.62. The number of nitrogens with zero attached hydrogens (tertiary/aromatic N) is 1. The lowest BCUT2D eigenvalue weighted by atomic mass is 10.2. The van der Waals surface area contributed by atoms with Gasteiger partial charge in [0.1, 0.15) is 10.8 Å². The molecule has 2 heterocycles. The van der Waals surface area contributed by atoms with Gasteiger partial charge in [-0.25, -0.2) is 9.78 Å².